The Kier molecular flexibility index (Phi) is 5.89. The maximum absolute atomic E-state index is 5.37. The van der Waals surface area contributed by atoms with Crippen LogP contribution in [0, 0.1) is 0 Å². The van der Waals surface area contributed by atoms with Crippen LogP contribution >= 0.6 is 0 Å². The van der Waals surface area contributed by atoms with Crippen molar-refractivity contribution >= 4 is 11.6 Å². The van der Waals surface area contributed by atoms with Gasteiger partial charge < -0.3 is 15.4 Å². The smallest absolute Gasteiger partial charge is 0.158 e. The Morgan fingerprint density at radius 3 is 2.67 bits per heavy atom. The molecule has 2 aromatic heterocycles. The molecule has 0 saturated heterocycles. The van der Waals surface area contributed by atoms with E-state index in [2.05, 4.69) is 30.9 Å². The molecule has 2 aromatic rings. The number of hydrogen-bond donors (Lipinski definition) is 2. The van der Waals surface area contributed by atoms with Crippen LogP contribution in [-0.4, -0.2) is 44.7 Å². The summed E-state index contributed by atoms with van der Waals surface area (Å²) in [5.74, 6) is 2.24. The van der Waals surface area contributed by atoms with Crippen molar-refractivity contribution in [1.82, 2.24) is 25.0 Å². The average Bonchev–Trinajstić information content (AvgIpc) is 2.99. The molecule has 114 valence electrons. The predicted octanol–water partition coefficient (Wildman–Crippen LogP) is 1.15. The summed E-state index contributed by atoms with van der Waals surface area (Å²) in [7, 11) is 0. The fourth-order valence-electron chi connectivity index (χ4n) is 1.77. The molecule has 0 unspecified atom stereocenters. The third-order valence-electron chi connectivity index (χ3n) is 2.68. The maximum atomic E-state index is 5.37. The molecule has 2 N–H and O–H groups in total. The highest BCUT2D eigenvalue weighted by atomic mass is 16.5. The van der Waals surface area contributed by atoms with Gasteiger partial charge in [0, 0.05) is 32.0 Å². The Morgan fingerprint density at radius 1 is 1.19 bits per heavy atom. The standard InChI is InChI=1S/C13H21N7O/c1-3-14-11-9-12(18-13(17-11)10-21-4-2)15-5-7-20-8-6-16-19-20/h6,8-9H,3-5,7,10H2,1-2H3,(H2,14,15,17,18). The summed E-state index contributed by atoms with van der Waals surface area (Å²) < 4.78 is 7.13. The van der Waals surface area contributed by atoms with Gasteiger partial charge >= 0.3 is 0 Å². The maximum Gasteiger partial charge on any atom is 0.158 e. The van der Waals surface area contributed by atoms with Crippen LogP contribution in [0.4, 0.5) is 11.6 Å². The minimum Gasteiger partial charge on any atom is -0.374 e. The van der Waals surface area contributed by atoms with Gasteiger partial charge in [-0.2, -0.15) is 0 Å². The van der Waals surface area contributed by atoms with Crippen molar-refractivity contribution in [2.24, 2.45) is 0 Å². The Hall–Kier alpha value is -2.22. The van der Waals surface area contributed by atoms with Crippen LogP contribution in [-0.2, 0) is 17.9 Å². The van der Waals surface area contributed by atoms with Gasteiger partial charge in [-0.05, 0) is 13.8 Å². The third kappa shape index (κ3) is 4.99. The predicted molar refractivity (Wildman–Crippen MR) is 80.0 cm³/mol. The summed E-state index contributed by atoms with van der Waals surface area (Å²) in [6, 6.07) is 1.89. The molecular formula is C13H21N7O. The first-order chi connectivity index (χ1) is 10.3. The lowest BCUT2D eigenvalue weighted by atomic mass is 10.4. The molecule has 0 radical (unpaired) electrons. The highest BCUT2D eigenvalue weighted by Gasteiger charge is 2.04. The van der Waals surface area contributed by atoms with Crippen LogP contribution in [0.2, 0.25) is 0 Å². The lowest BCUT2D eigenvalue weighted by Gasteiger charge is -2.10. The molecule has 2 rings (SSSR count). The second kappa shape index (κ2) is 8.15. The van der Waals surface area contributed by atoms with Gasteiger partial charge in [-0.1, -0.05) is 5.21 Å². The molecule has 8 heteroatoms. The van der Waals surface area contributed by atoms with Crippen LogP contribution in [0.5, 0.6) is 0 Å². The Morgan fingerprint density at radius 2 is 2.00 bits per heavy atom. The van der Waals surface area contributed by atoms with Gasteiger partial charge in [0.25, 0.3) is 0 Å². The molecule has 0 fully saturated rings. The van der Waals surface area contributed by atoms with Crippen molar-refractivity contribution in [3.8, 4) is 0 Å². The normalized spacial score (nSPS) is 10.6. The van der Waals surface area contributed by atoms with Crippen LogP contribution in [0.1, 0.15) is 19.7 Å². The van der Waals surface area contributed by atoms with Crippen molar-refractivity contribution in [3.63, 3.8) is 0 Å². The highest BCUT2D eigenvalue weighted by molar-refractivity contribution is 5.47. The van der Waals surface area contributed by atoms with Gasteiger partial charge in [0.1, 0.15) is 18.2 Å². The molecule has 0 atom stereocenters. The van der Waals surface area contributed by atoms with Crippen LogP contribution in [0.3, 0.4) is 0 Å². The summed E-state index contributed by atoms with van der Waals surface area (Å²) in [5.41, 5.74) is 0. The minimum atomic E-state index is 0.410. The van der Waals surface area contributed by atoms with E-state index in [9.17, 15) is 0 Å². The van der Waals surface area contributed by atoms with Gasteiger partial charge in [0.2, 0.25) is 0 Å². The second-order valence-corrected chi connectivity index (χ2v) is 4.32. The molecular weight excluding hydrogens is 270 g/mol. The number of rotatable bonds is 9. The van der Waals surface area contributed by atoms with Crippen molar-refractivity contribution in [2.75, 3.05) is 30.3 Å². The molecule has 0 saturated carbocycles. The van der Waals surface area contributed by atoms with Gasteiger partial charge in [-0.25, -0.2) is 9.97 Å². The lowest BCUT2D eigenvalue weighted by Crippen LogP contribution is -2.14. The lowest BCUT2D eigenvalue weighted by molar-refractivity contribution is 0.128. The molecule has 0 bridgehead atoms. The third-order valence-corrected chi connectivity index (χ3v) is 2.68. The minimum absolute atomic E-state index is 0.410. The van der Waals surface area contributed by atoms with E-state index in [0.717, 1.165) is 24.7 Å². The van der Waals surface area contributed by atoms with E-state index >= 15 is 0 Å². The first-order valence-electron chi connectivity index (χ1n) is 7.09. The number of anilines is 2. The van der Waals surface area contributed by atoms with E-state index in [1.165, 1.54) is 0 Å². The summed E-state index contributed by atoms with van der Waals surface area (Å²) in [6.07, 6.45) is 3.49. The summed E-state index contributed by atoms with van der Waals surface area (Å²) >= 11 is 0. The number of aromatic nitrogens is 5. The molecule has 2 heterocycles. The first kappa shape index (κ1) is 15.2. The zero-order valence-corrected chi connectivity index (χ0v) is 12.4. The monoisotopic (exact) mass is 291 g/mol. The van der Waals surface area contributed by atoms with Gasteiger partial charge in [0.05, 0.1) is 12.7 Å². The molecule has 0 aliphatic rings. The number of hydrogen-bond acceptors (Lipinski definition) is 7. The van der Waals surface area contributed by atoms with E-state index in [1.54, 1.807) is 10.9 Å². The quantitative estimate of drug-likeness (QED) is 0.716. The van der Waals surface area contributed by atoms with Gasteiger partial charge in [-0.3, -0.25) is 4.68 Å². The Bertz CT molecular complexity index is 529. The summed E-state index contributed by atoms with van der Waals surface area (Å²) in [5, 5.41) is 14.1. The number of ether oxygens (including phenoxy) is 1. The topological polar surface area (TPSA) is 89.8 Å². The highest BCUT2D eigenvalue weighted by Crippen LogP contribution is 2.12. The Labute approximate surface area is 123 Å². The number of nitrogens with one attached hydrogen (secondary N) is 2. The zero-order chi connectivity index (χ0) is 14.9. The molecule has 21 heavy (non-hydrogen) atoms. The van der Waals surface area contributed by atoms with Crippen LogP contribution in [0.25, 0.3) is 0 Å². The van der Waals surface area contributed by atoms with E-state index in [-0.39, 0.29) is 0 Å². The average molecular weight is 291 g/mol. The van der Waals surface area contributed by atoms with Crippen LogP contribution in [0.15, 0.2) is 18.5 Å². The molecule has 0 spiro atoms. The fraction of sp³-hybridized carbons (Fsp3) is 0.538. The molecule has 0 aromatic carbocycles. The van der Waals surface area contributed by atoms with E-state index in [4.69, 9.17) is 4.74 Å². The van der Waals surface area contributed by atoms with Crippen molar-refractivity contribution in [3.05, 3.63) is 24.3 Å². The summed E-state index contributed by atoms with van der Waals surface area (Å²) in [4.78, 5) is 8.84. The van der Waals surface area contributed by atoms with Crippen LogP contribution < -0.4 is 10.6 Å². The molecule has 0 aliphatic carbocycles. The van der Waals surface area contributed by atoms with Gasteiger partial charge in [-0.15, -0.1) is 5.10 Å². The van der Waals surface area contributed by atoms with E-state index in [1.807, 2.05) is 26.1 Å². The fourth-order valence-corrected chi connectivity index (χ4v) is 1.77. The Balaban J connectivity index is 1.97. The van der Waals surface area contributed by atoms with Crippen molar-refractivity contribution < 1.29 is 4.74 Å². The van der Waals surface area contributed by atoms with Crippen molar-refractivity contribution in [2.45, 2.75) is 27.0 Å². The largest absolute Gasteiger partial charge is 0.374 e. The molecule has 0 amide bonds. The molecule has 8 nitrogen and oxygen atoms in total. The molecule has 0 aliphatic heterocycles. The van der Waals surface area contributed by atoms with Crippen molar-refractivity contribution in [1.29, 1.82) is 0 Å². The zero-order valence-electron chi connectivity index (χ0n) is 12.4. The van der Waals surface area contributed by atoms with Gasteiger partial charge in [0.15, 0.2) is 5.82 Å². The van der Waals surface area contributed by atoms with E-state index < -0.39 is 0 Å². The summed E-state index contributed by atoms with van der Waals surface area (Å²) in [6.45, 7) is 7.27. The van der Waals surface area contributed by atoms with E-state index in [0.29, 0.717) is 25.6 Å². The second-order valence-electron chi connectivity index (χ2n) is 4.32. The number of nitrogens with zero attached hydrogens (tertiary/aromatic N) is 5. The SMILES string of the molecule is CCNc1cc(NCCn2ccnn2)nc(COCC)n1. The first-order valence-corrected chi connectivity index (χ1v) is 7.09.